The minimum absolute atomic E-state index is 0.0351. The van der Waals surface area contributed by atoms with Crippen LogP contribution < -0.4 is 0 Å². The number of carbonyl (C=O) groups is 3. The van der Waals surface area contributed by atoms with Gasteiger partial charge < -0.3 is 19.3 Å². The number of ether oxygens (including phenoxy) is 2. The van der Waals surface area contributed by atoms with Crippen LogP contribution in [-0.4, -0.2) is 74.6 Å². The molecule has 0 spiro atoms. The Balaban J connectivity index is 4.29. The molecule has 356 valence electrons. The van der Waals surface area contributed by atoms with Crippen LogP contribution in [0.25, 0.3) is 0 Å². The molecule has 1 unspecified atom stereocenters. The van der Waals surface area contributed by atoms with E-state index in [2.05, 4.69) is 51.6 Å². The Labute approximate surface area is 374 Å². The molecule has 0 N–H and O–H groups in total. The van der Waals surface area contributed by atoms with Crippen LogP contribution in [0.1, 0.15) is 265 Å². The van der Waals surface area contributed by atoms with Gasteiger partial charge in [-0.05, 0) is 90.3 Å². The van der Waals surface area contributed by atoms with Gasteiger partial charge in [-0.2, -0.15) is 0 Å². The van der Waals surface area contributed by atoms with Gasteiger partial charge in [0.1, 0.15) is 0 Å². The van der Waals surface area contributed by atoms with Crippen molar-refractivity contribution in [1.29, 1.82) is 0 Å². The summed E-state index contributed by atoms with van der Waals surface area (Å²) in [6.07, 6.45) is 42.4. The number of esters is 2. The number of carbonyl (C=O) groups excluding carboxylic acids is 3. The molecule has 0 fully saturated rings. The average Bonchev–Trinajstić information content (AvgIpc) is 3.23. The molecule has 0 aromatic carbocycles. The molecule has 0 saturated carbocycles. The third-order valence-corrected chi connectivity index (χ3v) is 12.6. The molecule has 60 heavy (non-hydrogen) atoms. The van der Waals surface area contributed by atoms with Crippen LogP contribution in [0.5, 0.6) is 0 Å². The monoisotopic (exact) mass is 849 g/mol. The molecule has 0 bridgehead atoms. The molecule has 1 atom stereocenters. The first-order valence-electron chi connectivity index (χ1n) is 26.5. The van der Waals surface area contributed by atoms with E-state index in [-0.39, 0.29) is 17.8 Å². The largest absolute Gasteiger partial charge is 0.466 e. The quantitative estimate of drug-likeness (QED) is 0.0448. The minimum Gasteiger partial charge on any atom is -0.466 e. The molecule has 0 aliphatic carbocycles. The summed E-state index contributed by atoms with van der Waals surface area (Å²) >= 11 is 0. The summed E-state index contributed by atoms with van der Waals surface area (Å²) < 4.78 is 11.3. The summed E-state index contributed by atoms with van der Waals surface area (Å²) in [7, 11) is 4.12. The Morgan fingerprint density at radius 2 is 0.700 bits per heavy atom. The standard InChI is InChI=1S/C53H104N2O5/c1-7-11-15-25-36-49(35-24-14-10-4)39-33-47-59-52(57)42-28-20-18-22-30-45-55(51(56)41-32-44-54(5)6)46-31-23-19-21-29-43-53(58)60-48-34-40-50(37-26-16-12-8-2)38-27-17-13-9-3/h49-50H,7-48H2,1-6H3. The van der Waals surface area contributed by atoms with Crippen molar-refractivity contribution in [3.63, 3.8) is 0 Å². The number of hydrogen-bond acceptors (Lipinski definition) is 6. The van der Waals surface area contributed by atoms with E-state index < -0.39 is 0 Å². The van der Waals surface area contributed by atoms with Crippen LogP contribution in [0, 0.1) is 11.8 Å². The van der Waals surface area contributed by atoms with E-state index in [4.69, 9.17) is 9.47 Å². The van der Waals surface area contributed by atoms with Gasteiger partial charge in [-0.25, -0.2) is 0 Å². The van der Waals surface area contributed by atoms with E-state index >= 15 is 0 Å². The Bertz CT molecular complexity index is 930. The molecule has 0 aliphatic rings. The molecule has 0 rings (SSSR count). The molecular formula is C53H104N2O5. The van der Waals surface area contributed by atoms with Gasteiger partial charge in [0.15, 0.2) is 0 Å². The lowest BCUT2D eigenvalue weighted by Crippen LogP contribution is -2.33. The van der Waals surface area contributed by atoms with E-state index in [1.807, 2.05) is 0 Å². The molecule has 0 saturated heterocycles. The smallest absolute Gasteiger partial charge is 0.305 e. The molecule has 0 aliphatic heterocycles. The van der Waals surface area contributed by atoms with Crippen LogP contribution in [0.15, 0.2) is 0 Å². The van der Waals surface area contributed by atoms with Gasteiger partial charge in [-0.3, -0.25) is 14.4 Å². The lowest BCUT2D eigenvalue weighted by Gasteiger charge is -2.23. The predicted molar refractivity (Wildman–Crippen MR) is 258 cm³/mol. The van der Waals surface area contributed by atoms with E-state index in [1.165, 1.54) is 135 Å². The highest BCUT2D eigenvalue weighted by Crippen LogP contribution is 2.24. The summed E-state index contributed by atoms with van der Waals surface area (Å²) in [5.41, 5.74) is 0. The van der Waals surface area contributed by atoms with Crippen LogP contribution in [0.2, 0.25) is 0 Å². The summed E-state index contributed by atoms with van der Waals surface area (Å²) in [5, 5.41) is 0. The maximum Gasteiger partial charge on any atom is 0.305 e. The maximum absolute atomic E-state index is 13.2. The molecular weight excluding hydrogens is 745 g/mol. The Morgan fingerprint density at radius 3 is 1.10 bits per heavy atom. The highest BCUT2D eigenvalue weighted by atomic mass is 16.5. The molecule has 0 radical (unpaired) electrons. The number of rotatable bonds is 47. The molecule has 7 nitrogen and oxygen atoms in total. The normalized spacial score (nSPS) is 12.1. The Hall–Kier alpha value is -1.63. The molecule has 0 aromatic rings. The van der Waals surface area contributed by atoms with Gasteiger partial charge in [-0.1, -0.05) is 188 Å². The lowest BCUT2D eigenvalue weighted by atomic mass is 9.91. The zero-order chi connectivity index (χ0) is 44.2. The summed E-state index contributed by atoms with van der Waals surface area (Å²) in [6.45, 7) is 12.8. The highest BCUT2D eigenvalue weighted by Gasteiger charge is 2.14. The number of nitrogens with zero attached hydrogens (tertiary/aromatic N) is 2. The second-order valence-corrected chi connectivity index (χ2v) is 18.8. The van der Waals surface area contributed by atoms with Gasteiger partial charge in [0.2, 0.25) is 5.91 Å². The third kappa shape index (κ3) is 40.4. The first-order valence-corrected chi connectivity index (χ1v) is 26.5. The fourth-order valence-electron chi connectivity index (χ4n) is 8.66. The van der Waals surface area contributed by atoms with E-state index in [9.17, 15) is 14.4 Å². The molecule has 1 amide bonds. The topological polar surface area (TPSA) is 76.1 Å². The first kappa shape index (κ1) is 58.4. The van der Waals surface area contributed by atoms with Gasteiger partial charge in [0, 0.05) is 32.4 Å². The van der Waals surface area contributed by atoms with Crippen molar-refractivity contribution in [2.45, 2.75) is 265 Å². The SMILES string of the molecule is CCCCCCC(CCCCC)CCCOC(=O)CCCCCCCN(CCCCCCCC(=O)OCCCC(CCCCCC)CCCCCC)C(=O)CCCN(C)C. The van der Waals surface area contributed by atoms with Crippen LogP contribution >= 0.6 is 0 Å². The Morgan fingerprint density at radius 1 is 0.367 bits per heavy atom. The van der Waals surface area contributed by atoms with Gasteiger partial charge in [0.05, 0.1) is 13.2 Å². The maximum atomic E-state index is 13.2. The fraction of sp³-hybridized carbons (Fsp3) is 0.943. The minimum atomic E-state index is -0.0367. The summed E-state index contributed by atoms with van der Waals surface area (Å²) in [4.78, 5) is 42.2. The molecule has 0 aromatic heterocycles. The first-order chi connectivity index (χ1) is 29.3. The van der Waals surface area contributed by atoms with Crippen LogP contribution in [0.4, 0.5) is 0 Å². The van der Waals surface area contributed by atoms with Gasteiger partial charge in [0.25, 0.3) is 0 Å². The number of unbranched alkanes of at least 4 members (excludes halogenated alkanes) is 19. The van der Waals surface area contributed by atoms with Crippen molar-refractivity contribution in [1.82, 2.24) is 9.80 Å². The molecule has 7 heteroatoms. The summed E-state index contributed by atoms with van der Waals surface area (Å²) in [5.74, 6) is 1.79. The van der Waals surface area contributed by atoms with Crippen molar-refractivity contribution in [3.05, 3.63) is 0 Å². The van der Waals surface area contributed by atoms with E-state index in [1.54, 1.807) is 0 Å². The predicted octanol–water partition coefficient (Wildman–Crippen LogP) is 15.2. The van der Waals surface area contributed by atoms with Crippen molar-refractivity contribution in [3.8, 4) is 0 Å². The van der Waals surface area contributed by atoms with Crippen molar-refractivity contribution in [2.24, 2.45) is 11.8 Å². The number of amides is 1. The van der Waals surface area contributed by atoms with Crippen LogP contribution in [-0.2, 0) is 23.9 Å². The fourth-order valence-corrected chi connectivity index (χ4v) is 8.66. The van der Waals surface area contributed by atoms with Crippen molar-refractivity contribution >= 4 is 17.8 Å². The second kappa shape index (κ2) is 45.4. The highest BCUT2D eigenvalue weighted by molar-refractivity contribution is 5.76. The zero-order valence-corrected chi connectivity index (χ0v) is 41.3. The van der Waals surface area contributed by atoms with Crippen LogP contribution in [0.3, 0.4) is 0 Å². The van der Waals surface area contributed by atoms with E-state index in [0.717, 1.165) is 115 Å². The second-order valence-electron chi connectivity index (χ2n) is 18.8. The number of hydrogen-bond donors (Lipinski definition) is 0. The summed E-state index contributed by atoms with van der Waals surface area (Å²) in [6, 6.07) is 0. The van der Waals surface area contributed by atoms with Gasteiger partial charge >= 0.3 is 11.9 Å². The average molecular weight is 849 g/mol. The van der Waals surface area contributed by atoms with Crippen molar-refractivity contribution in [2.75, 3.05) is 46.9 Å². The van der Waals surface area contributed by atoms with Gasteiger partial charge in [-0.15, -0.1) is 0 Å². The lowest BCUT2D eigenvalue weighted by molar-refractivity contribution is -0.144. The zero-order valence-electron chi connectivity index (χ0n) is 41.3. The van der Waals surface area contributed by atoms with Crippen molar-refractivity contribution < 1.29 is 23.9 Å². The third-order valence-electron chi connectivity index (χ3n) is 12.6. The Kier molecular flexibility index (Phi) is 44.2. The van der Waals surface area contributed by atoms with E-state index in [0.29, 0.717) is 32.5 Å². The molecule has 0 heterocycles.